The highest BCUT2D eigenvalue weighted by atomic mass is 79.9. The number of anilines is 1. The van der Waals surface area contributed by atoms with E-state index in [0.29, 0.717) is 5.33 Å². The number of benzene rings is 2. The molecule has 1 heterocycles. The zero-order chi connectivity index (χ0) is 18.9. The van der Waals surface area contributed by atoms with Crippen molar-refractivity contribution in [3.63, 3.8) is 0 Å². The van der Waals surface area contributed by atoms with Crippen molar-refractivity contribution in [3.8, 4) is 0 Å². The number of rotatable bonds is 4. The van der Waals surface area contributed by atoms with Gasteiger partial charge in [-0.05, 0) is 30.3 Å². The Kier molecular flexibility index (Phi) is 8.03. The van der Waals surface area contributed by atoms with Gasteiger partial charge in [-0.25, -0.2) is 0 Å². The van der Waals surface area contributed by atoms with Crippen molar-refractivity contribution < 1.29 is 4.92 Å². The molecule has 0 aliphatic carbocycles. The van der Waals surface area contributed by atoms with Gasteiger partial charge in [-0.2, -0.15) is 0 Å². The molecule has 3 rings (SSSR count). The molecule has 1 aliphatic heterocycles. The van der Waals surface area contributed by atoms with Gasteiger partial charge in [0.05, 0.1) is 4.92 Å². The summed E-state index contributed by atoms with van der Waals surface area (Å²) in [5, 5.41) is 10.9. The van der Waals surface area contributed by atoms with E-state index in [1.54, 1.807) is 12.1 Å². The van der Waals surface area contributed by atoms with Crippen LogP contribution in [0.25, 0.3) is 0 Å². The van der Waals surface area contributed by atoms with E-state index >= 15 is 0 Å². The SMILES string of the molecule is CN1CCN(Cc2cccc(N)c2)CC1.O=[N+]([O-])c1cccc(CBr)c1. The highest BCUT2D eigenvalue weighted by Crippen LogP contribution is 2.14. The number of hydrogen-bond acceptors (Lipinski definition) is 5. The third-order valence-corrected chi connectivity index (χ3v) is 4.88. The summed E-state index contributed by atoms with van der Waals surface area (Å²) in [6.07, 6.45) is 0. The number of likely N-dealkylation sites (N-methyl/N-ethyl adjacent to an activating group) is 1. The lowest BCUT2D eigenvalue weighted by atomic mass is 10.2. The van der Waals surface area contributed by atoms with Gasteiger partial charge in [0.25, 0.3) is 5.69 Å². The van der Waals surface area contributed by atoms with Crippen LogP contribution < -0.4 is 5.73 Å². The molecule has 0 atom stereocenters. The Hall–Kier alpha value is -1.96. The summed E-state index contributed by atoms with van der Waals surface area (Å²) in [7, 11) is 2.18. The van der Waals surface area contributed by atoms with E-state index in [1.807, 2.05) is 18.2 Å². The van der Waals surface area contributed by atoms with Gasteiger partial charge in [-0.3, -0.25) is 15.0 Å². The minimum atomic E-state index is -0.397. The summed E-state index contributed by atoms with van der Waals surface area (Å²) >= 11 is 3.22. The first kappa shape index (κ1) is 20.4. The molecule has 0 radical (unpaired) electrons. The number of nitro benzene ring substituents is 1. The van der Waals surface area contributed by atoms with Crippen LogP contribution in [0.4, 0.5) is 11.4 Å². The lowest BCUT2D eigenvalue weighted by molar-refractivity contribution is -0.384. The first-order chi connectivity index (χ1) is 12.5. The van der Waals surface area contributed by atoms with Crippen molar-refractivity contribution >= 4 is 27.3 Å². The Bertz CT molecular complexity index is 718. The van der Waals surface area contributed by atoms with Gasteiger partial charge in [0.2, 0.25) is 0 Å². The van der Waals surface area contributed by atoms with Crippen molar-refractivity contribution in [3.05, 3.63) is 69.8 Å². The topological polar surface area (TPSA) is 75.6 Å². The average molecular weight is 421 g/mol. The largest absolute Gasteiger partial charge is 0.399 e. The average Bonchev–Trinajstić information content (AvgIpc) is 2.64. The van der Waals surface area contributed by atoms with Crippen LogP contribution in [0.2, 0.25) is 0 Å². The zero-order valence-electron chi connectivity index (χ0n) is 15.0. The fourth-order valence-corrected chi connectivity index (χ4v) is 3.06. The molecule has 140 valence electrons. The molecule has 0 unspecified atom stereocenters. The summed E-state index contributed by atoms with van der Waals surface area (Å²) < 4.78 is 0. The summed E-state index contributed by atoms with van der Waals surface area (Å²) in [5.41, 5.74) is 9.00. The summed E-state index contributed by atoms with van der Waals surface area (Å²) in [5.74, 6) is 0. The van der Waals surface area contributed by atoms with Crippen molar-refractivity contribution in [1.82, 2.24) is 9.80 Å². The van der Waals surface area contributed by atoms with Crippen molar-refractivity contribution in [2.24, 2.45) is 0 Å². The minimum Gasteiger partial charge on any atom is -0.399 e. The van der Waals surface area contributed by atoms with Crippen molar-refractivity contribution in [1.29, 1.82) is 0 Å². The van der Waals surface area contributed by atoms with Crippen LogP contribution in [0.3, 0.4) is 0 Å². The van der Waals surface area contributed by atoms with E-state index in [0.717, 1.165) is 30.9 Å². The van der Waals surface area contributed by atoms with Crippen LogP contribution >= 0.6 is 15.9 Å². The first-order valence-corrected chi connectivity index (χ1v) is 9.64. The Balaban J connectivity index is 0.000000197. The number of nitrogens with zero attached hydrogens (tertiary/aromatic N) is 3. The van der Waals surface area contributed by atoms with Gasteiger partial charge >= 0.3 is 0 Å². The first-order valence-electron chi connectivity index (χ1n) is 8.52. The van der Waals surface area contributed by atoms with Gasteiger partial charge in [0.1, 0.15) is 0 Å². The van der Waals surface area contributed by atoms with Crippen LogP contribution in [0.5, 0.6) is 0 Å². The highest BCUT2D eigenvalue weighted by molar-refractivity contribution is 9.08. The maximum Gasteiger partial charge on any atom is 0.269 e. The summed E-state index contributed by atoms with van der Waals surface area (Å²) in [4.78, 5) is 14.7. The predicted molar refractivity (Wildman–Crippen MR) is 109 cm³/mol. The molecule has 2 N–H and O–H groups in total. The van der Waals surface area contributed by atoms with Crippen molar-refractivity contribution in [2.45, 2.75) is 11.9 Å². The summed E-state index contributed by atoms with van der Waals surface area (Å²) in [6.45, 7) is 5.68. The standard InChI is InChI=1S/C12H19N3.C7H6BrNO2/c1-14-5-7-15(8-6-14)10-11-3-2-4-12(13)9-11;8-5-6-2-1-3-7(4-6)9(10)11/h2-4,9H,5-8,10,13H2,1H3;1-4H,5H2. The second-order valence-corrected chi connectivity index (χ2v) is 6.95. The number of non-ortho nitro benzene ring substituents is 1. The van der Waals surface area contributed by atoms with Gasteiger partial charge in [0, 0.05) is 55.9 Å². The molecular formula is C19H25BrN4O2. The maximum atomic E-state index is 10.3. The fraction of sp³-hybridized carbons (Fsp3) is 0.368. The Morgan fingerprint density at radius 1 is 1.08 bits per heavy atom. The predicted octanol–water partition coefficient (Wildman–Crippen LogP) is 3.51. The number of halogens is 1. The monoisotopic (exact) mass is 420 g/mol. The van der Waals surface area contributed by atoms with E-state index in [-0.39, 0.29) is 5.69 Å². The molecule has 7 heteroatoms. The van der Waals surface area contributed by atoms with Crippen LogP contribution in [0.15, 0.2) is 48.5 Å². The number of nitro groups is 1. The Labute approximate surface area is 162 Å². The quantitative estimate of drug-likeness (QED) is 0.354. The molecule has 0 aromatic heterocycles. The molecule has 0 bridgehead atoms. The zero-order valence-corrected chi connectivity index (χ0v) is 16.6. The van der Waals surface area contributed by atoms with Gasteiger partial charge in [-0.15, -0.1) is 0 Å². The molecule has 26 heavy (non-hydrogen) atoms. The normalized spacial score (nSPS) is 15.2. The number of alkyl halides is 1. The molecule has 1 aliphatic rings. The molecule has 0 saturated carbocycles. The third-order valence-electron chi connectivity index (χ3n) is 4.23. The van der Waals surface area contributed by atoms with Crippen LogP contribution in [0.1, 0.15) is 11.1 Å². The molecule has 1 saturated heterocycles. The van der Waals surface area contributed by atoms with Crippen LogP contribution in [-0.4, -0.2) is 47.9 Å². The number of nitrogens with two attached hydrogens (primary N) is 1. The lowest BCUT2D eigenvalue weighted by Crippen LogP contribution is -2.43. The molecular weight excluding hydrogens is 396 g/mol. The molecule has 2 aromatic rings. The second-order valence-electron chi connectivity index (χ2n) is 6.39. The molecule has 1 fully saturated rings. The maximum absolute atomic E-state index is 10.3. The molecule has 2 aromatic carbocycles. The van der Waals surface area contributed by atoms with Gasteiger partial charge < -0.3 is 10.6 Å². The van der Waals surface area contributed by atoms with Crippen molar-refractivity contribution in [2.75, 3.05) is 39.0 Å². The molecule has 0 spiro atoms. The van der Waals surface area contributed by atoms with Gasteiger partial charge in [-0.1, -0.05) is 40.2 Å². The molecule has 0 amide bonds. The lowest BCUT2D eigenvalue weighted by Gasteiger charge is -2.32. The summed E-state index contributed by atoms with van der Waals surface area (Å²) in [6, 6.07) is 14.7. The van der Waals surface area contributed by atoms with Crippen LogP contribution in [-0.2, 0) is 11.9 Å². The number of piperazine rings is 1. The van der Waals surface area contributed by atoms with E-state index in [2.05, 4.69) is 44.9 Å². The Morgan fingerprint density at radius 2 is 1.73 bits per heavy atom. The van der Waals surface area contributed by atoms with E-state index < -0.39 is 4.92 Å². The number of hydrogen-bond donors (Lipinski definition) is 1. The number of nitrogen functional groups attached to an aromatic ring is 1. The third kappa shape index (κ3) is 6.74. The smallest absolute Gasteiger partial charge is 0.269 e. The Morgan fingerprint density at radius 3 is 2.35 bits per heavy atom. The minimum absolute atomic E-state index is 0.141. The van der Waals surface area contributed by atoms with Crippen LogP contribution in [0, 0.1) is 10.1 Å². The second kappa shape index (κ2) is 10.3. The highest BCUT2D eigenvalue weighted by Gasteiger charge is 2.13. The van der Waals surface area contributed by atoms with E-state index in [9.17, 15) is 10.1 Å². The fourth-order valence-electron chi connectivity index (χ4n) is 2.71. The molecule has 6 nitrogen and oxygen atoms in total. The van der Waals surface area contributed by atoms with Gasteiger partial charge in [0.15, 0.2) is 0 Å². The van der Waals surface area contributed by atoms with E-state index in [1.165, 1.54) is 24.7 Å². The van der Waals surface area contributed by atoms with E-state index in [4.69, 9.17) is 5.73 Å².